The minimum Gasteiger partial charge on any atom is -0.363 e. The van der Waals surface area contributed by atoms with Crippen LogP contribution in [0.1, 0.15) is 67.7 Å². The zero-order chi connectivity index (χ0) is 23.2. The lowest BCUT2D eigenvalue weighted by molar-refractivity contribution is 0.396. The molecule has 2 aromatic rings. The van der Waals surface area contributed by atoms with Crippen molar-refractivity contribution in [1.29, 1.82) is 0 Å². The molecule has 0 radical (unpaired) electrons. The van der Waals surface area contributed by atoms with Gasteiger partial charge in [-0.05, 0) is 98.1 Å². The van der Waals surface area contributed by atoms with Gasteiger partial charge in [0.2, 0.25) is 0 Å². The summed E-state index contributed by atoms with van der Waals surface area (Å²) in [6.07, 6.45) is 13.2. The van der Waals surface area contributed by atoms with Gasteiger partial charge in [-0.3, -0.25) is 4.98 Å². The molecule has 2 aliphatic rings. The monoisotopic (exact) mass is 441 g/mol. The quantitative estimate of drug-likeness (QED) is 0.462. The highest BCUT2D eigenvalue weighted by molar-refractivity contribution is 5.65. The maximum atomic E-state index is 4.25. The highest BCUT2D eigenvalue weighted by Crippen LogP contribution is 2.32. The Morgan fingerprint density at radius 3 is 2.67 bits per heavy atom. The van der Waals surface area contributed by atoms with Gasteiger partial charge in [0.15, 0.2) is 0 Å². The Balaban J connectivity index is 1.40. The van der Waals surface area contributed by atoms with Crippen LogP contribution in [-0.2, 0) is 19.4 Å². The summed E-state index contributed by atoms with van der Waals surface area (Å²) in [5.74, 6) is 1.22. The largest absolute Gasteiger partial charge is 0.363 e. The van der Waals surface area contributed by atoms with E-state index >= 15 is 0 Å². The number of pyridine rings is 1. The predicted octanol–water partition coefficient (Wildman–Crippen LogP) is 6.58. The van der Waals surface area contributed by atoms with Crippen LogP contribution in [0.5, 0.6) is 0 Å². The van der Waals surface area contributed by atoms with Crippen LogP contribution in [-0.4, -0.2) is 11.0 Å². The highest BCUT2D eigenvalue weighted by atomic mass is 14.9. The van der Waals surface area contributed by atoms with Crippen molar-refractivity contribution < 1.29 is 0 Å². The fourth-order valence-corrected chi connectivity index (χ4v) is 5.56. The second-order valence-corrected chi connectivity index (χ2v) is 10.0. The summed E-state index contributed by atoms with van der Waals surface area (Å²) in [5.41, 5.74) is 8.92. The van der Waals surface area contributed by atoms with Gasteiger partial charge in [0.05, 0.1) is 0 Å². The molecular formula is C30H39N3. The SMILES string of the molecule is C=C1CCC(CCc2cc(CC3CCCC3NCc3ccncc3)ccc2C(=C)C)C(=C)N1. The number of nitrogens with zero attached hydrogens (tertiary/aromatic N) is 1. The van der Waals surface area contributed by atoms with Gasteiger partial charge in [0, 0.05) is 36.4 Å². The molecule has 3 atom stereocenters. The molecule has 2 fully saturated rings. The molecule has 3 heteroatoms. The minimum absolute atomic E-state index is 0.522. The van der Waals surface area contributed by atoms with Crippen LogP contribution in [0.25, 0.3) is 5.57 Å². The lowest BCUT2D eigenvalue weighted by atomic mass is 9.86. The van der Waals surface area contributed by atoms with Crippen LogP contribution in [0.2, 0.25) is 0 Å². The van der Waals surface area contributed by atoms with Crippen LogP contribution in [0.15, 0.2) is 73.9 Å². The number of piperidine rings is 1. The molecule has 0 bridgehead atoms. The molecule has 0 amide bonds. The Hall–Kier alpha value is -2.65. The van der Waals surface area contributed by atoms with E-state index < -0.39 is 0 Å². The first kappa shape index (κ1) is 23.5. The number of hydrogen-bond acceptors (Lipinski definition) is 3. The van der Waals surface area contributed by atoms with Gasteiger partial charge in [0.1, 0.15) is 0 Å². The molecule has 3 unspecified atom stereocenters. The fourth-order valence-electron chi connectivity index (χ4n) is 5.56. The van der Waals surface area contributed by atoms with E-state index in [1.165, 1.54) is 41.5 Å². The first-order valence-electron chi connectivity index (χ1n) is 12.5. The smallest absolute Gasteiger partial charge is 0.0271 e. The van der Waals surface area contributed by atoms with E-state index in [2.05, 4.69) is 72.6 Å². The molecule has 1 aliphatic heterocycles. The number of allylic oxidation sites excluding steroid dienone is 3. The molecule has 2 heterocycles. The van der Waals surface area contributed by atoms with E-state index in [1.54, 1.807) is 0 Å². The fraction of sp³-hybridized carbons (Fsp3) is 0.433. The lowest BCUT2D eigenvalue weighted by Crippen LogP contribution is -2.33. The third-order valence-corrected chi connectivity index (χ3v) is 7.49. The molecule has 33 heavy (non-hydrogen) atoms. The molecule has 2 N–H and O–H groups in total. The first-order chi connectivity index (χ1) is 16.0. The number of aryl methyl sites for hydroxylation is 1. The Morgan fingerprint density at radius 2 is 1.91 bits per heavy atom. The van der Waals surface area contributed by atoms with Crippen LogP contribution in [0, 0.1) is 11.8 Å². The number of aromatic nitrogens is 1. The molecule has 1 saturated carbocycles. The maximum Gasteiger partial charge on any atom is 0.0271 e. The average Bonchev–Trinajstić information content (AvgIpc) is 3.24. The van der Waals surface area contributed by atoms with Crippen molar-refractivity contribution in [2.45, 2.75) is 70.9 Å². The zero-order valence-electron chi connectivity index (χ0n) is 20.2. The molecule has 174 valence electrons. The summed E-state index contributed by atoms with van der Waals surface area (Å²) in [6.45, 7) is 15.6. The highest BCUT2D eigenvalue weighted by Gasteiger charge is 2.27. The van der Waals surface area contributed by atoms with Gasteiger partial charge in [-0.2, -0.15) is 0 Å². The molecule has 1 aromatic carbocycles. The number of hydrogen-bond donors (Lipinski definition) is 2. The van der Waals surface area contributed by atoms with E-state index in [-0.39, 0.29) is 0 Å². The number of rotatable bonds is 9. The van der Waals surface area contributed by atoms with Gasteiger partial charge in [-0.15, -0.1) is 0 Å². The molecule has 4 rings (SSSR count). The standard InChI is InChI=1S/C30H39N3/c1-21(2)29-13-9-25(18-27(29)12-11-26-10-8-22(3)33-23(26)4)19-28-6-5-7-30(28)32-20-24-14-16-31-17-15-24/h9,13-18,26,28,30,32-33H,1,3-8,10-12,19-20H2,2H3. The summed E-state index contributed by atoms with van der Waals surface area (Å²) in [4.78, 5) is 4.13. The van der Waals surface area contributed by atoms with Crippen LogP contribution >= 0.6 is 0 Å². The third-order valence-electron chi connectivity index (χ3n) is 7.49. The number of benzene rings is 1. The van der Waals surface area contributed by atoms with Crippen molar-refractivity contribution >= 4 is 5.57 Å². The average molecular weight is 442 g/mol. The van der Waals surface area contributed by atoms with E-state index in [1.807, 2.05) is 12.4 Å². The van der Waals surface area contributed by atoms with Gasteiger partial charge >= 0.3 is 0 Å². The van der Waals surface area contributed by atoms with E-state index in [0.29, 0.717) is 17.9 Å². The van der Waals surface area contributed by atoms with E-state index in [9.17, 15) is 0 Å². The van der Waals surface area contributed by atoms with E-state index in [0.717, 1.165) is 55.6 Å². The van der Waals surface area contributed by atoms with Crippen molar-refractivity contribution in [3.63, 3.8) is 0 Å². The Kier molecular flexibility index (Phi) is 7.82. The van der Waals surface area contributed by atoms with Crippen LogP contribution in [0.3, 0.4) is 0 Å². The summed E-state index contributed by atoms with van der Waals surface area (Å²) in [5, 5.41) is 7.20. The van der Waals surface area contributed by atoms with Crippen LogP contribution < -0.4 is 10.6 Å². The summed E-state index contributed by atoms with van der Waals surface area (Å²) in [7, 11) is 0. The summed E-state index contributed by atoms with van der Waals surface area (Å²) < 4.78 is 0. The summed E-state index contributed by atoms with van der Waals surface area (Å²) in [6, 6.07) is 11.9. The zero-order valence-corrected chi connectivity index (χ0v) is 20.2. The molecule has 0 spiro atoms. The Bertz CT molecular complexity index is 991. The van der Waals surface area contributed by atoms with Gasteiger partial charge in [0.25, 0.3) is 0 Å². The Labute approximate surface area is 200 Å². The Morgan fingerprint density at radius 1 is 1.09 bits per heavy atom. The second-order valence-electron chi connectivity index (χ2n) is 10.0. The lowest BCUT2D eigenvalue weighted by Gasteiger charge is -2.28. The predicted molar refractivity (Wildman–Crippen MR) is 140 cm³/mol. The first-order valence-corrected chi connectivity index (χ1v) is 12.5. The molecule has 1 aliphatic carbocycles. The molecular weight excluding hydrogens is 402 g/mol. The summed E-state index contributed by atoms with van der Waals surface area (Å²) >= 11 is 0. The van der Waals surface area contributed by atoms with Crippen molar-refractivity contribution in [3.8, 4) is 0 Å². The maximum absolute atomic E-state index is 4.25. The van der Waals surface area contributed by atoms with Crippen molar-refractivity contribution in [2.24, 2.45) is 11.8 Å². The van der Waals surface area contributed by atoms with Gasteiger partial charge in [-0.1, -0.05) is 49.9 Å². The van der Waals surface area contributed by atoms with Gasteiger partial charge < -0.3 is 10.6 Å². The topological polar surface area (TPSA) is 37.0 Å². The minimum atomic E-state index is 0.522. The van der Waals surface area contributed by atoms with Crippen molar-refractivity contribution in [2.75, 3.05) is 0 Å². The third kappa shape index (κ3) is 6.23. The molecule has 3 nitrogen and oxygen atoms in total. The second kappa shape index (κ2) is 11.0. The molecule has 1 aromatic heterocycles. The molecule has 1 saturated heterocycles. The normalized spacial score (nSPS) is 22.9. The van der Waals surface area contributed by atoms with Crippen molar-refractivity contribution in [3.05, 3.63) is 96.1 Å². The van der Waals surface area contributed by atoms with Crippen LogP contribution in [0.4, 0.5) is 0 Å². The van der Waals surface area contributed by atoms with E-state index in [4.69, 9.17) is 0 Å². The van der Waals surface area contributed by atoms with Gasteiger partial charge in [-0.25, -0.2) is 0 Å². The number of nitrogens with one attached hydrogen (secondary N) is 2. The van der Waals surface area contributed by atoms with Crippen molar-refractivity contribution in [1.82, 2.24) is 15.6 Å².